The third kappa shape index (κ3) is 9.66. The highest BCUT2D eigenvalue weighted by atomic mass is 16.5. The number of rotatable bonds is 14. The zero-order valence-electron chi connectivity index (χ0n) is 21.3. The zero-order chi connectivity index (χ0) is 25.2. The van der Waals surface area contributed by atoms with Gasteiger partial charge in [0, 0.05) is 44.0 Å². The van der Waals surface area contributed by atoms with Crippen molar-refractivity contribution in [1.29, 1.82) is 0 Å². The lowest BCUT2D eigenvalue weighted by Gasteiger charge is -2.40. The molecule has 188 valence electrons. The molecule has 0 aromatic heterocycles. The molecule has 0 radical (unpaired) electrons. The van der Waals surface area contributed by atoms with Crippen LogP contribution in [0.3, 0.4) is 0 Å². The molecule has 0 aliphatic carbocycles. The first-order valence-corrected chi connectivity index (χ1v) is 11.9. The van der Waals surface area contributed by atoms with E-state index in [0.29, 0.717) is 63.9 Å². The van der Waals surface area contributed by atoms with Gasteiger partial charge < -0.3 is 15.4 Å². The van der Waals surface area contributed by atoms with Crippen molar-refractivity contribution < 1.29 is 23.9 Å². The molecular weight excluding hydrogens is 422 g/mol. The summed E-state index contributed by atoms with van der Waals surface area (Å²) in [5.41, 5.74) is 0.362. The van der Waals surface area contributed by atoms with Crippen LogP contribution in [-0.2, 0) is 23.9 Å². The van der Waals surface area contributed by atoms with Crippen LogP contribution in [0.15, 0.2) is 12.2 Å². The molecule has 3 amide bonds. The average Bonchev–Trinajstić information content (AvgIpc) is 2.95. The molecule has 1 saturated heterocycles. The lowest BCUT2D eigenvalue weighted by molar-refractivity contribution is -0.140. The van der Waals surface area contributed by atoms with Crippen LogP contribution in [0.4, 0.5) is 0 Å². The van der Waals surface area contributed by atoms with E-state index >= 15 is 0 Å². The standard InChI is InChI=1S/C25H43N3O5/c1-18(2)23(32)33-15-9-12-27-20(29)10-8-11-26-13-14-28-21(30)16-19(22(28)31)17-25(6,7)24(3,4)5/h19,26H,1,8-17H2,2-7H3,(H,27,29). The van der Waals surface area contributed by atoms with Crippen LogP contribution in [-0.4, -0.2) is 61.4 Å². The summed E-state index contributed by atoms with van der Waals surface area (Å²) in [7, 11) is 0. The van der Waals surface area contributed by atoms with E-state index in [4.69, 9.17) is 4.74 Å². The number of carbonyl (C=O) groups excluding carboxylic acids is 4. The van der Waals surface area contributed by atoms with Gasteiger partial charge in [0.2, 0.25) is 17.7 Å². The van der Waals surface area contributed by atoms with Crippen LogP contribution in [0.5, 0.6) is 0 Å². The molecule has 1 atom stereocenters. The molecule has 0 spiro atoms. The summed E-state index contributed by atoms with van der Waals surface area (Å²) in [4.78, 5) is 49.5. The summed E-state index contributed by atoms with van der Waals surface area (Å²) in [6, 6.07) is 0. The molecule has 0 aromatic carbocycles. The molecule has 33 heavy (non-hydrogen) atoms. The Morgan fingerprint density at radius 3 is 2.36 bits per heavy atom. The highest BCUT2D eigenvalue weighted by molar-refractivity contribution is 6.03. The summed E-state index contributed by atoms with van der Waals surface area (Å²) in [5, 5.41) is 5.99. The molecule has 0 aromatic rings. The molecule has 2 N–H and O–H groups in total. The summed E-state index contributed by atoms with van der Waals surface area (Å²) in [6.07, 6.45) is 2.58. The van der Waals surface area contributed by atoms with Crippen molar-refractivity contribution in [2.45, 2.75) is 73.6 Å². The predicted octanol–water partition coefficient (Wildman–Crippen LogP) is 2.82. The molecule has 1 aliphatic rings. The number of esters is 1. The van der Waals surface area contributed by atoms with Gasteiger partial charge in [-0.2, -0.15) is 0 Å². The van der Waals surface area contributed by atoms with Gasteiger partial charge in [0.05, 0.1) is 6.61 Å². The maximum atomic E-state index is 12.7. The Balaban J connectivity index is 2.18. The van der Waals surface area contributed by atoms with Crippen LogP contribution in [0.2, 0.25) is 0 Å². The normalized spacial score (nSPS) is 16.8. The molecule has 1 unspecified atom stereocenters. The van der Waals surface area contributed by atoms with E-state index in [1.165, 1.54) is 4.90 Å². The molecule has 0 saturated carbocycles. The van der Waals surface area contributed by atoms with Crippen molar-refractivity contribution in [2.75, 3.05) is 32.8 Å². The van der Waals surface area contributed by atoms with E-state index in [0.717, 1.165) is 0 Å². The van der Waals surface area contributed by atoms with Gasteiger partial charge in [-0.25, -0.2) is 4.79 Å². The summed E-state index contributed by atoms with van der Waals surface area (Å²) < 4.78 is 4.96. The minimum absolute atomic E-state index is 0.0441. The van der Waals surface area contributed by atoms with Gasteiger partial charge in [0.1, 0.15) is 0 Å². The number of hydrogen-bond donors (Lipinski definition) is 2. The van der Waals surface area contributed by atoms with Gasteiger partial charge in [-0.1, -0.05) is 41.2 Å². The minimum Gasteiger partial charge on any atom is -0.462 e. The number of carbonyl (C=O) groups is 4. The first-order valence-electron chi connectivity index (χ1n) is 11.9. The minimum atomic E-state index is -0.422. The molecule has 1 rings (SSSR count). The van der Waals surface area contributed by atoms with E-state index in [1.54, 1.807) is 6.92 Å². The lowest BCUT2D eigenvalue weighted by Crippen LogP contribution is -2.38. The number of likely N-dealkylation sites (tertiary alicyclic amines) is 1. The van der Waals surface area contributed by atoms with Gasteiger partial charge in [-0.3, -0.25) is 19.3 Å². The van der Waals surface area contributed by atoms with Crippen molar-refractivity contribution in [2.24, 2.45) is 16.7 Å². The van der Waals surface area contributed by atoms with Gasteiger partial charge in [-0.05, 0) is 43.6 Å². The second-order valence-corrected chi connectivity index (χ2v) is 10.6. The van der Waals surface area contributed by atoms with Crippen molar-refractivity contribution in [1.82, 2.24) is 15.5 Å². The SMILES string of the molecule is C=C(C)C(=O)OCCCNC(=O)CCCNCCN1C(=O)CC(CC(C)(C)C(C)(C)C)C1=O. The smallest absolute Gasteiger partial charge is 0.333 e. The number of nitrogens with one attached hydrogen (secondary N) is 2. The second kappa shape index (κ2) is 12.9. The Morgan fingerprint density at radius 2 is 1.76 bits per heavy atom. The van der Waals surface area contributed by atoms with Crippen molar-refractivity contribution in [3.05, 3.63) is 12.2 Å². The van der Waals surface area contributed by atoms with E-state index < -0.39 is 5.97 Å². The maximum absolute atomic E-state index is 12.7. The third-order valence-electron chi connectivity index (χ3n) is 6.62. The molecule has 1 heterocycles. The molecule has 1 fully saturated rings. The fourth-order valence-electron chi connectivity index (χ4n) is 3.43. The summed E-state index contributed by atoms with van der Waals surface area (Å²) in [5.74, 6) is -0.872. The Morgan fingerprint density at radius 1 is 1.09 bits per heavy atom. The lowest BCUT2D eigenvalue weighted by atomic mass is 9.65. The Bertz CT molecular complexity index is 724. The third-order valence-corrected chi connectivity index (χ3v) is 6.62. The highest BCUT2D eigenvalue weighted by Gasteiger charge is 2.43. The van der Waals surface area contributed by atoms with Crippen LogP contribution in [0, 0.1) is 16.7 Å². The van der Waals surface area contributed by atoms with Gasteiger partial charge >= 0.3 is 5.97 Å². The van der Waals surface area contributed by atoms with Crippen LogP contribution in [0.1, 0.15) is 73.6 Å². The molecule has 8 nitrogen and oxygen atoms in total. The first-order chi connectivity index (χ1) is 15.3. The monoisotopic (exact) mass is 465 g/mol. The number of hydrogen-bond acceptors (Lipinski definition) is 6. The molecule has 0 bridgehead atoms. The largest absolute Gasteiger partial charge is 0.462 e. The Labute approximate surface area is 198 Å². The highest BCUT2D eigenvalue weighted by Crippen LogP contribution is 2.44. The van der Waals surface area contributed by atoms with Crippen molar-refractivity contribution in [3.8, 4) is 0 Å². The fourth-order valence-corrected chi connectivity index (χ4v) is 3.43. The summed E-state index contributed by atoms with van der Waals surface area (Å²) in [6.45, 7) is 18.1. The Kier molecular flexibility index (Phi) is 11.2. The van der Waals surface area contributed by atoms with Gasteiger partial charge in [0.25, 0.3) is 0 Å². The number of nitrogens with zero attached hydrogens (tertiary/aromatic N) is 1. The van der Waals surface area contributed by atoms with E-state index in [1.807, 2.05) is 0 Å². The fraction of sp³-hybridized carbons (Fsp3) is 0.760. The van der Waals surface area contributed by atoms with Gasteiger partial charge in [0.15, 0.2) is 0 Å². The van der Waals surface area contributed by atoms with E-state index in [-0.39, 0.29) is 41.1 Å². The Hall–Kier alpha value is -2.22. The summed E-state index contributed by atoms with van der Waals surface area (Å²) >= 11 is 0. The average molecular weight is 466 g/mol. The molecule has 8 heteroatoms. The quantitative estimate of drug-likeness (QED) is 0.177. The molecule has 1 aliphatic heterocycles. The first kappa shape index (κ1) is 28.8. The van der Waals surface area contributed by atoms with Crippen LogP contribution >= 0.6 is 0 Å². The van der Waals surface area contributed by atoms with Crippen molar-refractivity contribution >= 4 is 23.7 Å². The predicted molar refractivity (Wildman–Crippen MR) is 128 cm³/mol. The topological polar surface area (TPSA) is 105 Å². The second-order valence-electron chi connectivity index (χ2n) is 10.6. The van der Waals surface area contributed by atoms with E-state index in [2.05, 4.69) is 51.8 Å². The molecular formula is C25H43N3O5. The van der Waals surface area contributed by atoms with Gasteiger partial charge in [-0.15, -0.1) is 0 Å². The van der Waals surface area contributed by atoms with Crippen LogP contribution in [0.25, 0.3) is 0 Å². The van der Waals surface area contributed by atoms with Crippen molar-refractivity contribution in [3.63, 3.8) is 0 Å². The van der Waals surface area contributed by atoms with Crippen LogP contribution < -0.4 is 10.6 Å². The zero-order valence-corrected chi connectivity index (χ0v) is 21.3. The maximum Gasteiger partial charge on any atom is 0.333 e. The number of amides is 3. The van der Waals surface area contributed by atoms with E-state index in [9.17, 15) is 19.2 Å². The number of ether oxygens (including phenoxy) is 1. The number of imide groups is 1.